The van der Waals surface area contributed by atoms with Crippen molar-refractivity contribution in [3.8, 4) is 28.7 Å². The zero-order valence-electron chi connectivity index (χ0n) is 14.2. The van der Waals surface area contributed by atoms with E-state index in [0.29, 0.717) is 17.5 Å². The van der Waals surface area contributed by atoms with Crippen molar-refractivity contribution in [1.29, 1.82) is 0 Å². The molecule has 0 atom stereocenters. The van der Waals surface area contributed by atoms with Crippen LogP contribution in [0.15, 0.2) is 46.9 Å². The molecule has 7 nitrogen and oxygen atoms in total. The monoisotopic (exact) mass is 335 g/mol. The third-order valence-corrected chi connectivity index (χ3v) is 3.97. The molecule has 0 radical (unpaired) electrons. The van der Waals surface area contributed by atoms with Crippen LogP contribution in [0.5, 0.6) is 5.75 Å². The molecule has 0 saturated carbocycles. The summed E-state index contributed by atoms with van der Waals surface area (Å²) in [5.74, 6) is 1.54. The molecule has 4 aromatic rings. The van der Waals surface area contributed by atoms with Gasteiger partial charge in [0.1, 0.15) is 11.3 Å². The van der Waals surface area contributed by atoms with Crippen molar-refractivity contribution in [2.24, 2.45) is 0 Å². The molecule has 0 aliphatic rings. The Morgan fingerprint density at radius 3 is 2.60 bits per heavy atom. The zero-order valence-corrected chi connectivity index (χ0v) is 14.2. The van der Waals surface area contributed by atoms with Gasteiger partial charge in [0, 0.05) is 11.6 Å². The molecule has 2 aromatic heterocycles. The van der Waals surface area contributed by atoms with Gasteiger partial charge >= 0.3 is 0 Å². The fraction of sp³-hybridized carbons (Fsp3) is 0.222. The third-order valence-electron chi connectivity index (χ3n) is 3.97. The molecular weight excluding hydrogens is 318 g/mol. The Labute approximate surface area is 144 Å². The summed E-state index contributed by atoms with van der Waals surface area (Å²) in [7, 11) is 1.61. The average molecular weight is 335 g/mol. The van der Waals surface area contributed by atoms with E-state index in [2.05, 4.69) is 34.4 Å². The summed E-state index contributed by atoms with van der Waals surface area (Å²) in [6.45, 7) is 4.14. The maximum Gasteiger partial charge on any atom is 0.251 e. The number of ether oxygens (including phenoxy) is 1. The smallest absolute Gasteiger partial charge is 0.251 e. The van der Waals surface area contributed by atoms with Crippen LogP contribution in [0, 0.1) is 0 Å². The maximum atomic E-state index is 5.84. The molecule has 0 N–H and O–H groups in total. The maximum absolute atomic E-state index is 5.84. The van der Waals surface area contributed by atoms with Gasteiger partial charge in [0.2, 0.25) is 5.89 Å². The highest BCUT2D eigenvalue weighted by Gasteiger charge is 2.15. The van der Waals surface area contributed by atoms with Crippen LogP contribution in [0.2, 0.25) is 0 Å². The van der Waals surface area contributed by atoms with Gasteiger partial charge in [-0.15, -0.1) is 15.3 Å². The number of benzene rings is 2. The Hall–Kier alpha value is -3.22. The molecular formula is C18H17N5O2. The number of methoxy groups -OCH3 is 1. The Kier molecular flexibility index (Phi) is 3.68. The molecule has 0 aliphatic carbocycles. The van der Waals surface area contributed by atoms with Crippen molar-refractivity contribution >= 4 is 11.0 Å². The van der Waals surface area contributed by atoms with Gasteiger partial charge in [-0.1, -0.05) is 17.3 Å². The fourth-order valence-corrected chi connectivity index (χ4v) is 2.73. The van der Waals surface area contributed by atoms with Crippen LogP contribution in [-0.4, -0.2) is 32.3 Å². The highest BCUT2D eigenvalue weighted by molar-refractivity contribution is 5.79. The Morgan fingerprint density at radius 2 is 1.80 bits per heavy atom. The Morgan fingerprint density at radius 1 is 1.00 bits per heavy atom. The second kappa shape index (κ2) is 6.01. The van der Waals surface area contributed by atoms with Crippen molar-refractivity contribution < 1.29 is 9.15 Å². The van der Waals surface area contributed by atoms with Crippen LogP contribution in [0.1, 0.15) is 19.9 Å². The summed E-state index contributed by atoms with van der Waals surface area (Å²) in [4.78, 5) is 0. The van der Waals surface area contributed by atoms with Crippen molar-refractivity contribution in [2.75, 3.05) is 7.11 Å². The quantitative estimate of drug-likeness (QED) is 0.565. The van der Waals surface area contributed by atoms with Gasteiger partial charge in [0.25, 0.3) is 5.89 Å². The average Bonchev–Trinajstić information content (AvgIpc) is 3.28. The Balaban J connectivity index is 1.74. The standard InChI is InChI=1S/C18H17N5O2/c1-11(2)23-15-9-8-12(10-14(15)19-22-23)17-20-21-18(25-17)13-6-4-5-7-16(13)24-3/h4-11H,1-3H3. The van der Waals surface area contributed by atoms with E-state index in [1.807, 2.05) is 47.1 Å². The van der Waals surface area contributed by atoms with E-state index in [-0.39, 0.29) is 6.04 Å². The van der Waals surface area contributed by atoms with E-state index < -0.39 is 0 Å². The van der Waals surface area contributed by atoms with Crippen LogP contribution >= 0.6 is 0 Å². The predicted molar refractivity (Wildman–Crippen MR) is 93.2 cm³/mol. The molecule has 0 spiro atoms. The first-order valence-electron chi connectivity index (χ1n) is 7.99. The highest BCUT2D eigenvalue weighted by Crippen LogP contribution is 2.31. The molecule has 0 bridgehead atoms. The number of hydrogen-bond donors (Lipinski definition) is 0. The number of para-hydroxylation sites is 1. The van der Waals surface area contributed by atoms with Crippen LogP contribution < -0.4 is 4.74 Å². The first kappa shape index (κ1) is 15.3. The molecule has 0 fully saturated rings. The van der Waals surface area contributed by atoms with E-state index in [9.17, 15) is 0 Å². The van der Waals surface area contributed by atoms with Gasteiger partial charge in [0.15, 0.2) is 0 Å². The number of nitrogens with zero attached hydrogens (tertiary/aromatic N) is 5. The Bertz CT molecular complexity index is 1030. The van der Waals surface area contributed by atoms with Crippen molar-refractivity contribution in [3.63, 3.8) is 0 Å². The molecule has 25 heavy (non-hydrogen) atoms. The topological polar surface area (TPSA) is 78.9 Å². The number of fused-ring (bicyclic) bond motifs is 1. The highest BCUT2D eigenvalue weighted by atomic mass is 16.5. The minimum Gasteiger partial charge on any atom is -0.496 e. The van der Waals surface area contributed by atoms with E-state index in [0.717, 1.165) is 22.2 Å². The van der Waals surface area contributed by atoms with Crippen LogP contribution in [0.3, 0.4) is 0 Å². The number of rotatable bonds is 4. The lowest BCUT2D eigenvalue weighted by Gasteiger charge is -2.05. The van der Waals surface area contributed by atoms with E-state index in [1.165, 1.54) is 0 Å². The molecule has 7 heteroatoms. The van der Waals surface area contributed by atoms with Gasteiger partial charge in [-0.25, -0.2) is 4.68 Å². The molecule has 0 aliphatic heterocycles. The molecule has 2 aromatic carbocycles. The lowest BCUT2D eigenvalue weighted by Crippen LogP contribution is -2.02. The van der Waals surface area contributed by atoms with Gasteiger partial charge < -0.3 is 9.15 Å². The number of hydrogen-bond acceptors (Lipinski definition) is 6. The third kappa shape index (κ3) is 2.63. The molecule has 0 saturated heterocycles. The zero-order chi connectivity index (χ0) is 17.4. The molecule has 4 rings (SSSR count). The van der Waals surface area contributed by atoms with Crippen molar-refractivity contribution in [3.05, 3.63) is 42.5 Å². The summed E-state index contributed by atoms with van der Waals surface area (Å²) in [6, 6.07) is 13.6. The minimum absolute atomic E-state index is 0.247. The molecule has 0 unspecified atom stereocenters. The van der Waals surface area contributed by atoms with Gasteiger partial charge in [-0.2, -0.15) is 0 Å². The first-order valence-corrected chi connectivity index (χ1v) is 7.99. The predicted octanol–water partition coefficient (Wildman–Crippen LogP) is 3.74. The number of aromatic nitrogens is 5. The van der Waals surface area contributed by atoms with E-state index >= 15 is 0 Å². The van der Waals surface area contributed by atoms with Gasteiger partial charge in [-0.05, 0) is 44.2 Å². The first-order chi connectivity index (χ1) is 12.2. The van der Waals surface area contributed by atoms with Gasteiger partial charge in [0.05, 0.1) is 18.2 Å². The van der Waals surface area contributed by atoms with Gasteiger partial charge in [-0.3, -0.25) is 0 Å². The summed E-state index contributed by atoms with van der Waals surface area (Å²) < 4.78 is 13.1. The normalized spacial score (nSPS) is 11.4. The summed E-state index contributed by atoms with van der Waals surface area (Å²) in [6.07, 6.45) is 0. The SMILES string of the molecule is COc1ccccc1-c1nnc(-c2ccc3c(c2)nnn3C(C)C)o1. The van der Waals surface area contributed by atoms with Crippen molar-refractivity contribution in [2.45, 2.75) is 19.9 Å². The lowest BCUT2D eigenvalue weighted by molar-refractivity contribution is 0.414. The van der Waals surface area contributed by atoms with E-state index in [4.69, 9.17) is 9.15 Å². The van der Waals surface area contributed by atoms with Crippen LogP contribution in [0.25, 0.3) is 33.9 Å². The minimum atomic E-state index is 0.247. The molecule has 126 valence electrons. The second-order valence-electron chi connectivity index (χ2n) is 5.94. The summed E-state index contributed by atoms with van der Waals surface area (Å²) >= 11 is 0. The lowest BCUT2D eigenvalue weighted by atomic mass is 10.2. The van der Waals surface area contributed by atoms with Crippen LogP contribution in [0.4, 0.5) is 0 Å². The second-order valence-corrected chi connectivity index (χ2v) is 5.94. The summed E-state index contributed by atoms with van der Waals surface area (Å²) in [5.41, 5.74) is 3.33. The molecule has 2 heterocycles. The van der Waals surface area contributed by atoms with Crippen molar-refractivity contribution in [1.82, 2.24) is 25.2 Å². The summed E-state index contributed by atoms with van der Waals surface area (Å²) in [5, 5.41) is 16.7. The molecule has 0 amide bonds. The largest absolute Gasteiger partial charge is 0.496 e. The van der Waals surface area contributed by atoms with E-state index in [1.54, 1.807) is 7.11 Å². The fourth-order valence-electron chi connectivity index (χ4n) is 2.73. The van der Waals surface area contributed by atoms with Crippen LogP contribution in [-0.2, 0) is 0 Å².